The predicted octanol–water partition coefficient (Wildman–Crippen LogP) is 21.4. The topological polar surface area (TPSA) is 424 Å². The van der Waals surface area contributed by atoms with Crippen LogP contribution in [0.5, 0.6) is 0 Å². The molecule has 0 amide bonds. The summed E-state index contributed by atoms with van der Waals surface area (Å²) >= 11 is 6.56. The Bertz CT molecular complexity index is 8850. The van der Waals surface area contributed by atoms with Crippen LogP contribution in [-0.4, -0.2) is 30.5 Å². The van der Waals surface area contributed by atoms with E-state index >= 15 is 0 Å². The lowest BCUT2D eigenvalue weighted by Gasteiger charge is -2.16. The molecule has 0 atom stereocenters. The number of aryl methyl sites for hydroxylation is 10. The molecule has 24 rings (SSSR count). The maximum absolute atomic E-state index is 8.25. The summed E-state index contributed by atoms with van der Waals surface area (Å²) in [6.45, 7) is 6.52. The molecular formula is C116H95BrClN13O18. The lowest BCUT2D eigenvalue weighted by molar-refractivity contribution is -0.617. The number of para-hydroxylation sites is 10. The number of benzene rings is 17. The van der Waals surface area contributed by atoms with Crippen LogP contribution in [0.25, 0.3) is 219 Å². The van der Waals surface area contributed by atoms with E-state index in [2.05, 4.69) is 466 Å². The van der Waals surface area contributed by atoms with E-state index in [-0.39, 0.29) is 24.4 Å². The van der Waals surface area contributed by atoms with Crippen molar-refractivity contribution in [1.29, 1.82) is 0 Å². The monoisotopic (exact) mass is 2070 g/mol. The zero-order valence-electron chi connectivity index (χ0n) is 81.1. The van der Waals surface area contributed by atoms with E-state index in [0.717, 1.165) is 5.02 Å². The average molecular weight is 2070 g/mol. The van der Waals surface area contributed by atoms with Gasteiger partial charge in [0.15, 0.2) is 0 Å². The quantitative estimate of drug-likeness (QED) is 0.0683. The van der Waals surface area contributed by atoms with Gasteiger partial charge >= 0.3 is 0 Å². The Morgan fingerprint density at radius 3 is 0.483 bits per heavy atom. The SMILES string of the molecule is C.C[n+]1c2ccccc2c(-c2c3ccccc3[n+](C)c3ccccc23)c2ccccc21.Cc1ccc2c(c1)c(-c1c3ccccc3[n+](C)c3ccc(Cl)cc13)c1ccccc1[n+]2C.Cc1ccc2c(c1)c(-c1c3ccccc3[n+](C)c3ccccc13)c1ccccc1[n+]2C.Cc1ccc2c(c1)c(-c1c3ccccc3cc3ccccc13)c1ccccc1[n+]2C.O=[N+]([O-])[O-].O=[N+]([O-])[O-].O=[N+]([O-])[O-].O=[N+]([O-])[O-].O=[N+]([O-])[O-].O=[N+]([O-])[O-].[Br-]. The molecule has 0 bridgehead atoms. The van der Waals surface area contributed by atoms with E-state index in [1.54, 1.807) is 0 Å². The van der Waals surface area contributed by atoms with Gasteiger partial charge in [-0.2, -0.15) is 32.0 Å². The average Bonchev–Trinajstić information content (AvgIpc) is 0.720. The molecule has 33 heteroatoms. The fourth-order valence-corrected chi connectivity index (χ4v) is 20.5. The van der Waals surface area contributed by atoms with Crippen molar-refractivity contribution in [2.45, 2.75) is 28.2 Å². The minimum atomic E-state index is -1.75. The first kappa shape index (κ1) is 107. The minimum Gasteiger partial charge on any atom is -1.00 e. The van der Waals surface area contributed by atoms with Gasteiger partial charge in [-0.1, -0.05) is 224 Å². The summed E-state index contributed by atoms with van der Waals surface area (Å²) in [4.78, 5) is 49.5. The van der Waals surface area contributed by atoms with Crippen LogP contribution in [0, 0.1) is 113 Å². The van der Waals surface area contributed by atoms with Crippen molar-refractivity contribution >= 4 is 186 Å². The third-order valence-electron chi connectivity index (χ3n) is 26.1. The highest BCUT2D eigenvalue weighted by Crippen LogP contribution is 2.48. The summed E-state index contributed by atoms with van der Waals surface area (Å²) in [5.41, 5.74) is 31.5. The summed E-state index contributed by atoms with van der Waals surface area (Å²) in [6.07, 6.45) is 0. The Kier molecular flexibility index (Phi) is 33.5. The van der Waals surface area contributed by atoms with Crippen LogP contribution in [0.3, 0.4) is 0 Å². The van der Waals surface area contributed by atoms with E-state index in [4.69, 9.17) is 104 Å². The first-order valence-electron chi connectivity index (χ1n) is 45.7. The molecule has 0 unspecified atom stereocenters. The second-order valence-electron chi connectivity index (χ2n) is 34.5. The minimum absolute atomic E-state index is 0. The van der Waals surface area contributed by atoms with Gasteiger partial charge in [0.2, 0.25) is 77.2 Å². The fourth-order valence-electron chi connectivity index (χ4n) is 20.3. The maximum Gasteiger partial charge on any atom is 0.213 e. The molecule has 0 aliphatic carbocycles. The Labute approximate surface area is 865 Å². The standard InChI is InChI=1S/C29H23ClN2.C29H24N2.C29H22N.C28H22N2.CH4.BrH.6NO3/c1-18-12-14-26-22(16-18)28(20-8-4-6-10-24(20)31(26)2)29-21-9-5-7-11-25(21)32(3)27-15-13-19(30)17-23(27)29;1-19-16-17-27-23(18-19)29(22-12-6-9-15-26(22)31(27)3)28-20-10-4-7-13-24(20)30(2)25-14-8-5-11-21(25)28;1-19-15-16-27-25(17-19)29(24-13-7-8-14-26(24)30(27)2)28-22-11-5-3-9-20(22)18-21-10-4-6-12-23(21)28;1-29-23-15-7-3-11-19(23)27(20-12-4-8-16-24(20)29)28-21-13-5-9-17-25(21)30(2)26-18-10-6-14-22(26)28;;;6*2-1(3)4/h4-17H,1-3H3;4-18H,1-3H3;2*3-18H,1-2H3;1H4;1H;;;;;;/q2*+2;+1;+2;;;6*-1/p-1. The molecule has 24 aromatic rings. The van der Waals surface area contributed by atoms with Crippen LogP contribution >= 0.6 is 11.6 Å². The van der Waals surface area contributed by atoms with Gasteiger partial charge in [-0.25, -0.2) is 0 Å². The van der Waals surface area contributed by atoms with E-state index in [1.165, 1.54) is 235 Å². The number of nitrogens with zero attached hydrogens (tertiary/aromatic N) is 13. The molecule has 0 saturated carbocycles. The lowest BCUT2D eigenvalue weighted by Crippen LogP contribution is -3.00. The largest absolute Gasteiger partial charge is 1.00 e. The Balaban J connectivity index is 0.000000153. The van der Waals surface area contributed by atoms with Gasteiger partial charge in [0.25, 0.3) is 0 Å². The molecule has 0 fully saturated rings. The van der Waals surface area contributed by atoms with Gasteiger partial charge in [-0.05, 0) is 145 Å². The summed E-state index contributed by atoms with van der Waals surface area (Å²) in [7, 11) is 15.1. The van der Waals surface area contributed by atoms with Gasteiger partial charge < -0.3 is 109 Å². The van der Waals surface area contributed by atoms with Gasteiger partial charge in [-0.15, -0.1) is 0 Å². The van der Waals surface area contributed by atoms with Gasteiger partial charge in [0.05, 0.1) is 106 Å². The van der Waals surface area contributed by atoms with Gasteiger partial charge in [0.1, 0.15) is 49.3 Å². The van der Waals surface area contributed by atoms with Crippen molar-refractivity contribution in [3.8, 4) is 44.5 Å². The van der Waals surface area contributed by atoms with Crippen molar-refractivity contribution in [1.82, 2.24) is 0 Å². The van der Waals surface area contributed by atoms with E-state index in [9.17, 15) is 0 Å². The van der Waals surface area contributed by atoms with Crippen LogP contribution in [0.4, 0.5) is 0 Å². The molecule has 7 heterocycles. The molecule has 0 spiro atoms. The summed E-state index contributed by atoms with van der Waals surface area (Å²) in [6, 6.07) is 134. The Morgan fingerprint density at radius 2 is 0.302 bits per heavy atom. The summed E-state index contributed by atoms with van der Waals surface area (Å²) < 4.78 is 16.1. The molecule has 0 aliphatic heterocycles. The molecule has 0 radical (unpaired) electrons. The molecule has 17 aromatic carbocycles. The number of aromatic nitrogens is 7. The number of hydrogen-bond donors (Lipinski definition) is 0. The van der Waals surface area contributed by atoms with Gasteiger partial charge in [-0.3, -0.25) is 0 Å². The number of hydrogen-bond acceptors (Lipinski definition) is 18. The van der Waals surface area contributed by atoms with Crippen LogP contribution in [0.15, 0.2) is 370 Å². The number of rotatable bonds is 4. The van der Waals surface area contributed by atoms with E-state index in [1.807, 2.05) is 6.07 Å². The zero-order valence-corrected chi connectivity index (χ0v) is 83.5. The van der Waals surface area contributed by atoms with Crippen molar-refractivity contribution in [3.63, 3.8) is 0 Å². The van der Waals surface area contributed by atoms with Crippen molar-refractivity contribution in [3.05, 3.63) is 484 Å². The molecule has 0 aliphatic rings. The van der Waals surface area contributed by atoms with Crippen LogP contribution < -0.4 is 49.0 Å². The van der Waals surface area contributed by atoms with Crippen molar-refractivity contribution in [2.75, 3.05) is 0 Å². The van der Waals surface area contributed by atoms with Gasteiger partial charge in [0, 0.05) is 129 Å². The van der Waals surface area contributed by atoms with Crippen molar-refractivity contribution in [2.24, 2.45) is 49.3 Å². The predicted molar refractivity (Wildman–Crippen MR) is 584 cm³/mol. The summed E-state index contributed by atoms with van der Waals surface area (Å²) in [5, 5.41) is 112. The normalized spacial score (nSPS) is 10.6. The van der Waals surface area contributed by atoms with Crippen LogP contribution in [-0.2, 0) is 49.3 Å². The molecule has 31 nitrogen and oxygen atoms in total. The molecule has 149 heavy (non-hydrogen) atoms. The number of pyridine rings is 7. The Hall–Kier alpha value is -19.1. The maximum atomic E-state index is 8.25. The number of halogens is 2. The lowest BCUT2D eigenvalue weighted by atomic mass is 9.87. The first-order valence-corrected chi connectivity index (χ1v) is 46.1. The third-order valence-corrected chi connectivity index (χ3v) is 26.3. The first-order chi connectivity index (χ1) is 70.6. The highest BCUT2D eigenvalue weighted by molar-refractivity contribution is 6.32. The van der Waals surface area contributed by atoms with Crippen molar-refractivity contribution < 1.29 is 79.5 Å². The second-order valence-corrected chi connectivity index (χ2v) is 34.9. The molecule has 7 aromatic heterocycles. The third kappa shape index (κ3) is 22.3. The smallest absolute Gasteiger partial charge is 0.213 e. The molecule has 0 saturated heterocycles. The van der Waals surface area contributed by atoms with E-state index < -0.39 is 30.5 Å². The molecular weight excluding hydrogens is 1980 g/mol. The molecule has 0 N–H and O–H groups in total. The Morgan fingerprint density at radius 1 is 0.174 bits per heavy atom. The summed E-state index contributed by atoms with van der Waals surface area (Å²) in [5.74, 6) is 0. The zero-order chi connectivity index (χ0) is 105. The number of fused-ring (bicyclic) bond motifs is 16. The molecule has 746 valence electrons. The van der Waals surface area contributed by atoms with E-state index in [0.29, 0.717) is 0 Å². The highest BCUT2D eigenvalue weighted by Gasteiger charge is 2.31. The van der Waals surface area contributed by atoms with Crippen LogP contribution in [0.2, 0.25) is 5.02 Å². The van der Waals surface area contributed by atoms with Crippen LogP contribution in [0.1, 0.15) is 24.1 Å². The second kappa shape index (κ2) is 46.5. The fraction of sp³-hybridized carbons (Fsp3) is 0.0948. The highest BCUT2D eigenvalue weighted by atomic mass is 79.9.